The van der Waals surface area contributed by atoms with Crippen LogP contribution in [-0.4, -0.2) is 18.5 Å². The van der Waals surface area contributed by atoms with Crippen LogP contribution in [0.1, 0.15) is 46.5 Å². The second kappa shape index (κ2) is 4.10. The molecule has 17 heavy (non-hydrogen) atoms. The Morgan fingerprint density at radius 2 is 2.12 bits per heavy atom. The molecule has 0 amide bonds. The van der Waals surface area contributed by atoms with Crippen LogP contribution in [0.2, 0.25) is 0 Å². The Balaban J connectivity index is 1.62. The van der Waals surface area contributed by atoms with E-state index in [4.69, 9.17) is 9.47 Å². The van der Waals surface area contributed by atoms with Crippen molar-refractivity contribution in [3.63, 3.8) is 0 Å². The van der Waals surface area contributed by atoms with E-state index in [1.54, 1.807) is 0 Å². The molecule has 1 saturated heterocycles. The fraction of sp³-hybridized carbons (Fsp3) is 0.867. The molecule has 2 heteroatoms. The van der Waals surface area contributed by atoms with Crippen molar-refractivity contribution in [2.75, 3.05) is 6.61 Å². The molecular formula is C15H24O2. The van der Waals surface area contributed by atoms with Crippen molar-refractivity contribution >= 4 is 0 Å². The minimum absolute atomic E-state index is 0.0950. The summed E-state index contributed by atoms with van der Waals surface area (Å²) in [7, 11) is 0. The molecule has 0 N–H and O–H groups in total. The third-order valence-electron chi connectivity index (χ3n) is 4.58. The SMILES string of the molecule is CC(C)=CC1C(C)C1C1(OC2CCCO2)CC1. The van der Waals surface area contributed by atoms with E-state index in [-0.39, 0.29) is 11.9 Å². The molecule has 96 valence electrons. The van der Waals surface area contributed by atoms with Crippen molar-refractivity contribution in [1.82, 2.24) is 0 Å². The van der Waals surface area contributed by atoms with E-state index in [2.05, 4.69) is 26.8 Å². The molecule has 1 aliphatic heterocycles. The van der Waals surface area contributed by atoms with Crippen molar-refractivity contribution in [3.8, 4) is 0 Å². The van der Waals surface area contributed by atoms with E-state index >= 15 is 0 Å². The Morgan fingerprint density at radius 3 is 2.65 bits per heavy atom. The zero-order valence-electron chi connectivity index (χ0n) is 11.2. The van der Waals surface area contributed by atoms with Crippen molar-refractivity contribution in [3.05, 3.63) is 11.6 Å². The summed E-state index contributed by atoms with van der Waals surface area (Å²) in [5.41, 5.74) is 1.63. The summed E-state index contributed by atoms with van der Waals surface area (Å²) in [5, 5.41) is 0. The Morgan fingerprint density at radius 1 is 1.35 bits per heavy atom. The highest BCUT2D eigenvalue weighted by molar-refractivity contribution is 5.21. The highest BCUT2D eigenvalue weighted by Gasteiger charge is 2.65. The zero-order valence-corrected chi connectivity index (χ0v) is 11.2. The molecule has 0 aromatic carbocycles. The van der Waals surface area contributed by atoms with Gasteiger partial charge in [-0.2, -0.15) is 0 Å². The molecule has 1 heterocycles. The number of hydrogen-bond donors (Lipinski definition) is 0. The van der Waals surface area contributed by atoms with E-state index in [0.29, 0.717) is 0 Å². The van der Waals surface area contributed by atoms with Gasteiger partial charge in [0.25, 0.3) is 0 Å². The summed E-state index contributed by atoms with van der Waals surface area (Å²) >= 11 is 0. The average Bonchev–Trinajstić information content (AvgIpc) is 3.07. The third-order valence-corrected chi connectivity index (χ3v) is 4.58. The van der Waals surface area contributed by atoms with Crippen LogP contribution >= 0.6 is 0 Å². The van der Waals surface area contributed by atoms with Crippen molar-refractivity contribution in [1.29, 1.82) is 0 Å². The summed E-state index contributed by atoms with van der Waals surface area (Å²) in [6.45, 7) is 7.65. The first kappa shape index (κ1) is 11.7. The lowest BCUT2D eigenvalue weighted by Gasteiger charge is -2.21. The molecule has 3 rings (SSSR count). The first-order chi connectivity index (χ1) is 8.12. The van der Waals surface area contributed by atoms with E-state index in [0.717, 1.165) is 30.8 Å². The van der Waals surface area contributed by atoms with Gasteiger partial charge >= 0.3 is 0 Å². The maximum absolute atomic E-state index is 6.26. The van der Waals surface area contributed by atoms with Gasteiger partial charge in [0.1, 0.15) is 0 Å². The summed E-state index contributed by atoms with van der Waals surface area (Å²) in [5.74, 6) is 2.30. The topological polar surface area (TPSA) is 18.5 Å². The molecule has 2 aliphatic carbocycles. The quantitative estimate of drug-likeness (QED) is 0.695. The van der Waals surface area contributed by atoms with E-state index in [1.165, 1.54) is 24.8 Å². The lowest BCUT2D eigenvalue weighted by atomic mass is 10.1. The summed E-state index contributed by atoms with van der Waals surface area (Å²) in [6.07, 6.45) is 7.28. The molecule has 0 aromatic heterocycles. The monoisotopic (exact) mass is 236 g/mol. The predicted octanol–water partition coefficient (Wildman–Crippen LogP) is 3.52. The minimum Gasteiger partial charge on any atom is -0.353 e. The van der Waals surface area contributed by atoms with Gasteiger partial charge in [-0.05, 0) is 50.9 Å². The van der Waals surface area contributed by atoms with E-state index in [1.807, 2.05) is 0 Å². The fourth-order valence-electron chi connectivity index (χ4n) is 3.52. The Labute approximate surface area is 104 Å². The van der Waals surface area contributed by atoms with E-state index in [9.17, 15) is 0 Å². The number of ether oxygens (including phenoxy) is 2. The van der Waals surface area contributed by atoms with Crippen molar-refractivity contribution in [2.45, 2.75) is 58.3 Å². The zero-order chi connectivity index (χ0) is 12.0. The van der Waals surface area contributed by atoms with Gasteiger partial charge in [-0.25, -0.2) is 0 Å². The van der Waals surface area contributed by atoms with Crippen LogP contribution in [0.25, 0.3) is 0 Å². The van der Waals surface area contributed by atoms with Gasteiger partial charge in [0.05, 0.1) is 5.60 Å². The Bertz CT molecular complexity index is 320. The number of rotatable bonds is 4. The first-order valence-electron chi connectivity index (χ1n) is 7.07. The summed E-state index contributed by atoms with van der Waals surface area (Å²) in [6, 6.07) is 0. The third kappa shape index (κ3) is 2.17. The molecule has 3 aliphatic rings. The normalized spacial score (nSPS) is 42.3. The maximum atomic E-state index is 6.26. The largest absolute Gasteiger partial charge is 0.353 e. The number of hydrogen-bond acceptors (Lipinski definition) is 2. The van der Waals surface area contributed by atoms with Crippen molar-refractivity contribution < 1.29 is 9.47 Å². The van der Waals surface area contributed by atoms with Crippen LogP contribution in [0.4, 0.5) is 0 Å². The molecule has 0 aromatic rings. The van der Waals surface area contributed by atoms with Crippen LogP contribution in [0.3, 0.4) is 0 Å². The molecule has 4 unspecified atom stereocenters. The second-order valence-electron chi connectivity index (χ2n) is 6.33. The maximum Gasteiger partial charge on any atom is 0.158 e. The molecule has 4 atom stereocenters. The van der Waals surface area contributed by atoms with Gasteiger partial charge < -0.3 is 9.47 Å². The van der Waals surface area contributed by atoms with Gasteiger partial charge in [0.15, 0.2) is 6.29 Å². The van der Waals surface area contributed by atoms with Gasteiger partial charge in [-0.15, -0.1) is 0 Å². The van der Waals surface area contributed by atoms with Crippen LogP contribution in [0.5, 0.6) is 0 Å². The van der Waals surface area contributed by atoms with Crippen LogP contribution < -0.4 is 0 Å². The predicted molar refractivity (Wildman–Crippen MR) is 67.6 cm³/mol. The van der Waals surface area contributed by atoms with Gasteiger partial charge in [-0.3, -0.25) is 0 Å². The Hall–Kier alpha value is -0.340. The second-order valence-corrected chi connectivity index (χ2v) is 6.33. The molecule has 0 spiro atoms. The van der Waals surface area contributed by atoms with Crippen LogP contribution in [0.15, 0.2) is 11.6 Å². The van der Waals surface area contributed by atoms with Gasteiger partial charge in [-0.1, -0.05) is 18.6 Å². The summed E-state index contributed by atoms with van der Waals surface area (Å²) < 4.78 is 11.9. The molecule has 0 bridgehead atoms. The molecule has 2 saturated carbocycles. The fourth-order valence-corrected chi connectivity index (χ4v) is 3.52. The highest BCUT2D eigenvalue weighted by atomic mass is 16.7. The average molecular weight is 236 g/mol. The first-order valence-corrected chi connectivity index (χ1v) is 7.07. The standard InChI is InChI=1S/C15H24O2/c1-10(2)9-12-11(3)14(12)15(6-7-15)17-13-5-4-8-16-13/h9,11-14H,4-8H2,1-3H3. The lowest BCUT2D eigenvalue weighted by molar-refractivity contribution is -0.162. The molecule has 2 nitrogen and oxygen atoms in total. The van der Waals surface area contributed by atoms with Gasteiger partial charge in [0, 0.05) is 13.0 Å². The lowest BCUT2D eigenvalue weighted by Crippen LogP contribution is -2.26. The van der Waals surface area contributed by atoms with Crippen molar-refractivity contribution in [2.24, 2.45) is 17.8 Å². The highest BCUT2D eigenvalue weighted by Crippen LogP contribution is 2.64. The molecule has 0 radical (unpaired) electrons. The Kier molecular flexibility index (Phi) is 2.83. The van der Waals surface area contributed by atoms with E-state index < -0.39 is 0 Å². The van der Waals surface area contributed by atoms with Crippen LogP contribution in [0, 0.1) is 17.8 Å². The molecule has 3 fully saturated rings. The minimum atomic E-state index is 0.0950. The van der Waals surface area contributed by atoms with Gasteiger partial charge in [0.2, 0.25) is 0 Å². The number of allylic oxidation sites excluding steroid dienone is 2. The molecular weight excluding hydrogens is 212 g/mol. The smallest absolute Gasteiger partial charge is 0.158 e. The summed E-state index contributed by atoms with van der Waals surface area (Å²) in [4.78, 5) is 0. The van der Waals surface area contributed by atoms with Crippen LogP contribution in [-0.2, 0) is 9.47 Å².